The van der Waals surface area contributed by atoms with E-state index >= 15 is 0 Å². The molecule has 0 aliphatic carbocycles. The zero-order valence-corrected chi connectivity index (χ0v) is 5.31. The van der Waals surface area contributed by atoms with Crippen LogP contribution in [0.1, 0.15) is 13.8 Å². The Morgan fingerprint density at radius 2 is 2.50 bits per heavy atom. The molecule has 0 saturated heterocycles. The molecule has 0 unspecified atom stereocenters. The molecule has 0 saturated carbocycles. The maximum atomic E-state index is 3.14. The van der Waals surface area contributed by atoms with E-state index in [0.717, 1.165) is 6.54 Å². The third-order valence-corrected chi connectivity index (χ3v) is 1.17. The largest absolute Gasteiger partial charge is 0.192 e. The molecule has 1 aliphatic heterocycles. The van der Waals surface area contributed by atoms with Gasteiger partial charge in [-0.1, -0.05) is 0 Å². The summed E-state index contributed by atoms with van der Waals surface area (Å²) in [6, 6.07) is 0. The van der Waals surface area contributed by atoms with Crippen LogP contribution in [-0.2, 0) is 0 Å². The molecule has 8 heavy (non-hydrogen) atoms. The summed E-state index contributed by atoms with van der Waals surface area (Å²) in [6.07, 6.45) is 7.24. The number of nitrogens with zero attached hydrogens (tertiary/aromatic N) is 1. The van der Waals surface area contributed by atoms with Gasteiger partial charge in [0.1, 0.15) is 17.8 Å². The predicted octanol–water partition coefficient (Wildman–Crippen LogP) is 1.54. The molecule has 0 fully saturated rings. The van der Waals surface area contributed by atoms with Crippen molar-refractivity contribution in [1.29, 1.82) is 0 Å². The van der Waals surface area contributed by atoms with Gasteiger partial charge in [-0.3, -0.25) is 0 Å². The Kier molecular flexibility index (Phi) is 1.32. The minimum Gasteiger partial charge on any atom is -0.192 e. The Bertz CT molecular complexity index is 133. The van der Waals surface area contributed by atoms with Crippen molar-refractivity contribution in [1.82, 2.24) is 4.90 Å². The molecule has 0 radical (unpaired) electrons. The summed E-state index contributed by atoms with van der Waals surface area (Å²) in [5.74, 6) is 0. The molecular formula is C7H10N+. The summed E-state index contributed by atoms with van der Waals surface area (Å²) < 4.78 is 0. The van der Waals surface area contributed by atoms with Gasteiger partial charge in [-0.25, -0.2) is 0 Å². The number of hydrogen-bond donors (Lipinski definition) is 0. The Morgan fingerprint density at radius 1 is 1.75 bits per heavy atom. The molecule has 1 heterocycles. The van der Waals surface area contributed by atoms with Crippen LogP contribution in [0.2, 0.25) is 0 Å². The van der Waals surface area contributed by atoms with E-state index in [1.807, 2.05) is 18.0 Å². The van der Waals surface area contributed by atoms with E-state index in [9.17, 15) is 0 Å². The Labute approximate surface area is 50.3 Å². The molecule has 0 aromatic rings. The second kappa shape index (κ2) is 1.97. The number of rotatable bonds is 1. The van der Waals surface area contributed by atoms with Crippen LogP contribution in [0.25, 0.3) is 0 Å². The molecule has 1 nitrogen and oxygen atoms in total. The highest BCUT2D eigenvalue weighted by atomic mass is 15.1. The summed E-state index contributed by atoms with van der Waals surface area (Å²) >= 11 is 0. The fourth-order valence-corrected chi connectivity index (χ4v) is 0.687. The highest BCUT2D eigenvalue weighted by Crippen LogP contribution is 2.06. The number of hydrogen-bond acceptors (Lipinski definition) is 1. The average Bonchev–Trinajstić information content (AvgIpc) is 2.14. The lowest BCUT2D eigenvalue weighted by Crippen LogP contribution is -2.04. The molecule has 0 amide bonds. The van der Waals surface area contributed by atoms with Gasteiger partial charge in [0.15, 0.2) is 6.20 Å². The van der Waals surface area contributed by atoms with Gasteiger partial charge in [0.2, 0.25) is 0 Å². The van der Waals surface area contributed by atoms with E-state index in [0.29, 0.717) is 0 Å². The lowest BCUT2D eigenvalue weighted by Gasteiger charge is -1.93. The third kappa shape index (κ3) is 0.877. The average molecular weight is 108 g/mol. The van der Waals surface area contributed by atoms with Crippen LogP contribution in [0.15, 0.2) is 17.8 Å². The van der Waals surface area contributed by atoms with Crippen molar-refractivity contribution in [2.75, 3.05) is 6.54 Å². The molecule has 1 aliphatic rings. The van der Waals surface area contributed by atoms with Gasteiger partial charge in [-0.15, -0.1) is 0 Å². The minimum absolute atomic E-state index is 1.02. The normalized spacial score (nSPS) is 16.2. The monoisotopic (exact) mass is 108 g/mol. The van der Waals surface area contributed by atoms with E-state index in [2.05, 4.69) is 19.2 Å². The third-order valence-electron chi connectivity index (χ3n) is 1.17. The van der Waals surface area contributed by atoms with Crippen molar-refractivity contribution in [3.8, 4) is 0 Å². The van der Waals surface area contributed by atoms with Gasteiger partial charge in [-0.05, 0) is 13.8 Å². The minimum atomic E-state index is 1.02. The first-order chi connectivity index (χ1) is 3.83. The molecule has 42 valence electrons. The first-order valence-electron chi connectivity index (χ1n) is 2.88. The molecule has 0 atom stereocenters. The van der Waals surface area contributed by atoms with Crippen LogP contribution in [-0.4, -0.2) is 11.4 Å². The Hall–Kier alpha value is -0.810. The molecule has 0 bridgehead atoms. The lowest BCUT2D eigenvalue weighted by molar-refractivity contribution is 0.523. The van der Waals surface area contributed by atoms with Crippen LogP contribution in [0.4, 0.5) is 0 Å². The molecule has 1 rings (SSSR count). The number of allylic oxidation sites excluding steroid dienone is 2. The van der Waals surface area contributed by atoms with E-state index in [1.54, 1.807) is 0 Å². The quantitative estimate of drug-likeness (QED) is 0.460. The van der Waals surface area contributed by atoms with Crippen LogP contribution in [0.3, 0.4) is 0 Å². The molecule has 0 N–H and O–H groups in total. The lowest BCUT2D eigenvalue weighted by atomic mass is 10.4. The highest BCUT2D eigenvalue weighted by Gasteiger charge is 2.09. The second-order valence-corrected chi connectivity index (χ2v) is 1.90. The molecular weight excluding hydrogens is 98.1 g/mol. The van der Waals surface area contributed by atoms with Crippen molar-refractivity contribution in [3.63, 3.8) is 0 Å². The molecule has 0 aromatic carbocycles. The Morgan fingerprint density at radius 3 is 2.75 bits per heavy atom. The standard InChI is InChI=1S/C7H10N/c1-3-8-5-4-7(2)6-8/h4-5H,3H2,1-2H3/q+1. The fourth-order valence-electron chi connectivity index (χ4n) is 0.687. The summed E-state index contributed by atoms with van der Waals surface area (Å²) in [6.45, 7) is 5.18. The maximum absolute atomic E-state index is 3.14. The molecule has 0 aromatic heterocycles. The summed E-state index contributed by atoms with van der Waals surface area (Å²) in [5, 5.41) is 0. The van der Waals surface area contributed by atoms with Gasteiger partial charge in [0, 0.05) is 0 Å². The van der Waals surface area contributed by atoms with Crippen LogP contribution in [0.5, 0.6) is 0 Å². The van der Waals surface area contributed by atoms with Gasteiger partial charge in [0.25, 0.3) is 0 Å². The SMILES string of the molecule is CCN1[C+]=C(C)C=C1. The fraction of sp³-hybridized carbons (Fsp3) is 0.429. The summed E-state index contributed by atoms with van der Waals surface area (Å²) in [5.41, 5.74) is 1.21. The van der Waals surface area contributed by atoms with E-state index < -0.39 is 0 Å². The first-order valence-corrected chi connectivity index (χ1v) is 2.88. The van der Waals surface area contributed by atoms with E-state index in [1.165, 1.54) is 5.57 Å². The van der Waals surface area contributed by atoms with Crippen molar-refractivity contribution >= 4 is 0 Å². The topological polar surface area (TPSA) is 3.24 Å². The Balaban J connectivity index is 2.55. The van der Waals surface area contributed by atoms with Crippen molar-refractivity contribution in [3.05, 3.63) is 24.0 Å². The maximum Gasteiger partial charge on any atom is 0.156 e. The van der Waals surface area contributed by atoms with Gasteiger partial charge < -0.3 is 0 Å². The van der Waals surface area contributed by atoms with Crippen LogP contribution in [0, 0.1) is 6.20 Å². The zero-order valence-electron chi connectivity index (χ0n) is 5.31. The summed E-state index contributed by atoms with van der Waals surface area (Å²) in [4.78, 5) is 2.04. The molecule has 0 spiro atoms. The smallest absolute Gasteiger partial charge is 0.156 e. The summed E-state index contributed by atoms with van der Waals surface area (Å²) in [7, 11) is 0. The van der Waals surface area contributed by atoms with Gasteiger partial charge >= 0.3 is 0 Å². The zero-order chi connectivity index (χ0) is 5.98. The molecule has 1 heteroatoms. The van der Waals surface area contributed by atoms with Crippen molar-refractivity contribution < 1.29 is 0 Å². The van der Waals surface area contributed by atoms with Crippen molar-refractivity contribution in [2.24, 2.45) is 0 Å². The van der Waals surface area contributed by atoms with Crippen LogP contribution >= 0.6 is 0 Å². The van der Waals surface area contributed by atoms with Crippen molar-refractivity contribution in [2.45, 2.75) is 13.8 Å². The van der Waals surface area contributed by atoms with E-state index in [-0.39, 0.29) is 0 Å². The van der Waals surface area contributed by atoms with Gasteiger partial charge in [-0.2, -0.15) is 4.90 Å². The van der Waals surface area contributed by atoms with Gasteiger partial charge in [0.05, 0.1) is 6.54 Å². The predicted molar refractivity (Wildman–Crippen MR) is 33.9 cm³/mol. The van der Waals surface area contributed by atoms with Crippen LogP contribution < -0.4 is 0 Å². The van der Waals surface area contributed by atoms with E-state index in [4.69, 9.17) is 0 Å². The first kappa shape index (κ1) is 5.33. The second-order valence-electron chi connectivity index (χ2n) is 1.90. The highest BCUT2D eigenvalue weighted by molar-refractivity contribution is 5.18.